The van der Waals surface area contributed by atoms with Gasteiger partial charge < -0.3 is 4.74 Å². The van der Waals surface area contributed by atoms with Gasteiger partial charge in [0.1, 0.15) is 5.01 Å². The summed E-state index contributed by atoms with van der Waals surface area (Å²) in [5.41, 5.74) is 2.07. The fourth-order valence-electron chi connectivity index (χ4n) is 2.49. The molecule has 22 heavy (non-hydrogen) atoms. The largest absolute Gasteiger partial charge is 0.379 e. The highest BCUT2D eigenvalue weighted by Crippen LogP contribution is 2.37. The number of fused-ring (bicyclic) bond motifs is 1. The first-order valence-corrected chi connectivity index (χ1v) is 9.16. The van der Waals surface area contributed by atoms with Gasteiger partial charge >= 0.3 is 0 Å². The van der Waals surface area contributed by atoms with Gasteiger partial charge in [0, 0.05) is 31.2 Å². The second kappa shape index (κ2) is 6.22. The zero-order valence-electron chi connectivity index (χ0n) is 11.8. The van der Waals surface area contributed by atoms with E-state index in [1.807, 2.05) is 6.07 Å². The van der Waals surface area contributed by atoms with Crippen molar-refractivity contribution in [3.63, 3.8) is 0 Å². The first-order chi connectivity index (χ1) is 10.8. The SMILES string of the molecule is Clc1ccnc2cc(-c3nc(CN4CCOCC4)cs3)sc12. The number of nitrogens with zero attached hydrogens (tertiary/aromatic N) is 3. The van der Waals surface area contributed by atoms with Crippen LogP contribution in [-0.4, -0.2) is 41.2 Å². The van der Waals surface area contributed by atoms with Crippen LogP contribution in [0.5, 0.6) is 0 Å². The maximum absolute atomic E-state index is 6.23. The molecule has 0 amide bonds. The lowest BCUT2D eigenvalue weighted by Gasteiger charge is -2.25. The minimum absolute atomic E-state index is 0.756. The van der Waals surface area contributed by atoms with E-state index < -0.39 is 0 Å². The Morgan fingerprint density at radius 2 is 2.18 bits per heavy atom. The molecule has 0 saturated carbocycles. The average molecular weight is 352 g/mol. The van der Waals surface area contributed by atoms with E-state index in [1.54, 1.807) is 28.9 Å². The average Bonchev–Trinajstić information content (AvgIpc) is 3.15. The topological polar surface area (TPSA) is 38.2 Å². The number of thiazole rings is 1. The van der Waals surface area contributed by atoms with Crippen molar-refractivity contribution in [3.05, 3.63) is 34.4 Å². The third-order valence-corrected chi connectivity index (χ3v) is 6.26. The number of morpholine rings is 1. The summed E-state index contributed by atoms with van der Waals surface area (Å²) in [4.78, 5) is 12.7. The fourth-order valence-corrected chi connectivity index (χ4v) is 4.66. The Balaban J connectivity index is 1.58. The maximum atomic E-state index is 6.23. The smallest absolute Gasteiger partial charge is 0.133 e. The molecule has 3 aromatic heterocycles. The van der Waals surface area contributed by atoms with E-state index in [-0.39, 0.29) is 0 Å². The molecule has 0 aromatic carbocycles. The summed E-state index contributed by atoms with van der Waals surface area (Å²) in [5.74, 6) is 0. The van der Waals surface area contributed by atoms with Crippen molar-refractivity contribution in [3.8, 4) is 9.88 Å². The van der Waals surface area contributed by atoms with E-state index in [2.05, 4.69) is 21.3 Å². The Kier molecular flexibility index (Phi) is 4.11. The molecular weight excluding hydrogens is 338 g/mol. The number of rotatable bonds is 3. The van der Waals surface area contributed by atoms with Crippen LogP contribution in [0.15, 0.2) is 23.7 Å². The van der Waals surface area contributed by atoms with Crippen molar-refractivity contribution in [2.75, 3.05) is 26.3 Å². The predicted octanol–water partition coefficient (Wildman–Crippen LogP) is 3.91. The van der Waals surface area contributed by atoms with Crippen molar-refractivity contribution >= 4 is 44.5 Å². The summed E-state index contributed by atoms with van der Waals surface area (Å²) in [6.07, 6.45) is 1.74. The molecule has 3 aromatic rings. The van der Waals surface area contributed by atoms with Crippen molar-refractivity contribution in [1.82, 2.24) is 14.9 Å². The van der Waals surface area contributed by atoms with Gasteiger partial charge in [-0.3, -0.25) is 9.88 Å². The lowest BCUT2D eigenvalue weighted by atomic mass is 10.3. The normalized spacial score (nSPS) is 16.4. The van der Waals surface area contributed by atoms with Crippen molar-refractivity contribution in [2.45, 2.75) is 6.54 Å². The first kappa shape index (κ1) is 14.5. The van der Waals surface area contributed by atoms with Gasteiger partial charge in [-0.1, -0.05) is 11.6 Å². The highest BCUT2D eigenvalue weighted by molar-refractivity contribution is 7.25. The summed E-state index contributed by atoms with van der Waals surface area (Å²) >= 11 is 9.57. The molecule has 0 aliphatic carbocycles. The molecule has 4 nitrogen and oxygen atoms in total. The molecule has 1 aliphatic heterocycles. The molecule has 0 N–H and O–H groups in total. The number of ether oxygens (including phenoxy) is 1. The molecule has 0 bridgehead atoms. The standard InChI is InChI=1S/C15H14ClN3OS2/c16-11-1-2-17-12-7-13(22-14(11)12)15-18-10(9-21-15)8-19-3-5-20-6-4-19/h1-2,7,9H,3-6,8H2. The number of pyridine rings is 1. The van der Waals surface area contributed by atoms with E-state index in [9.17, 15) is 0 Å². The van der Waals surface area contributed by atoms with Gasteiger partial charge in [0.05, 0.1) is 39.0 Å². The summed E-state index contributed by atoms with van der Waals surface area (Å²) in [7, 11) is 0. The Bertz CT molecular complexity index is 795. The van der Waals surface area contributed by atoms with Crippen LogP contribution in [0.1, 0.15) is 5.69 Å². The minimum Gasteiger partial charge on any atom is -0.379 e. The fraction of sp³-hybridized carbons (Fsp3) is 0.333. The second-order valence-electron chi connectivity index (χ2n) is 5.15. The van der Waals surface area contributed by atoms with Crippen LogP contribution in [0.3, 0.4) is 0 Å². The Hall–Kier alpha value is -1.05. The van der Waals surface area contributed by atoms with E-state index in [1.165, 1.54) is 0 Å². The molecule has 0 radical (unpaired) electrons. The summed E-state index contributed by atoms with van der Waals surface area (Å²) in [6, 6.07) is 3.90. The lowest BCUT2D eigenvalue weighted by Crippen LogP contribution is -2.35. The molecule has 0 spiro atoms. The Morgan fingerprint density at radius 1 is 1.32 bits per heavy atom. The third-order valence-electron chi connectivity index (χ3n) is 3.62. The molecule has 1 fully saturated rings. The van der Waals surface area contributed by atoms with Crippen LogP contribution in [0.25, 0.3) is 20.1 Å². The molecule has 114 valence electrons. The molecule has 1 aliphatic rings. The van der Waals surface area contributed by atoms with Crippen LogP contribution in [0.4, 0.5) is 0 Å². The van der Waals surface area contributed by atoms with Gasteiger partial charge in [-0.05, 0) is 12.1 Å². The number of hydrogen-bond acceptors (Lipinski definition) is 6. The van der Waals surface area contributed by atoms with Crippen molar-refractivity contribution in [1.29, 1.82) is 0 Å². The zero-order valence-corrected chi connectivity index (χ0v) is 14.2. The van der Waals surface area contributed by atoms with Crippen molar-refractivity contribution < 1.29 is 4.74 Å². The van der Waals surface area contributed by atoms with Crippen LogP contribution in [0.2, 0.25) is 5.02 Å². The number of halogens is 1. The molecule has 0 unspecified atom stereocenters. The van der Waals surface area contributed by atoms with Gasteiger partial charge in [-0.15, -0.1) is 22.7 Å². The third kappa shape index (κ3) is 2.89. The first-order valence-electron chi connectivity index (χ1n) is 7.08. The Morgan fingerprint density at radius 3 is 3.00 bits per heavy atom. The van der Waals surface area contributed by atoms with Gasteiger partial charge in [-0.25, -0.2) is 4.98 Å². The number of aromatic nitrogens is 2. The number of hydrogen-bond donors (Lipinski definition) is 0. The monoisotopic (exact) mass is 351 g/mol. The minimum atomic E-state index is 0.756. The quantitative estimate of drug-likeness (QED) is 0.717. The van der Waals surface area contributed by atoms with Crippen LogP contribution in [0, 0.1) is 0 Å². The highest BCUT2D eigenvalue weighted by Gasteiger charge is 2.15. The van der Waals surface area contributed by atoms with Gasteiger partial charge in [0.25, 0.3) is 0 Å². The van der Waals surface area contributed by atoms with Gasteiger partial charge in [-0.2, -0.15) is 0 Å². The number of thiophene rings is 1. The Labute approximate surface area is 141 Å². The van der Waals surface area contributed by atoms with E-state index in [0.717, 1.165) is 63.7 Å². The van der Waals surface area contributed by atoms with Crippen molar-refractivity contribution in [2.24, 2.45) is 0 Å². The molecule has 4 heterocycles. The lowest BCUT2D eigenvalue weighted by molar-refractivity contribution is 0.0337. The van der Waals surface area contributed by atoms with Gasteiger partial charge in [0.2, 0.25) is 0 Å². The maximum Gasteiger partial charge on any atom is 0.133 e. The second-order valence-corrected chi connectivity index (χ2v) is 7.47. The molecular formula is C15H14ClN3OS2. The van der Waals surface area contributed by atoms with Gasteiger partial charge in [0.15, 0.2) is 0 Å². The van der Waals surface area contributed by atoms with Crippen LogP contribution >= 0.6 is 34.3 Å². The predicted molar refractivity (Wildman–Crippen MR) is 91.8 cm³/mol. The van der Waals surface area contributed by atoms with E-state index >= 15 is 0 Å². The van der Waals surface area contributed by atoms with E-state index in [4.69, 9.17) is 21.3 Å². The zero-order chi connectivity index (χ0) is 14.9. The molecule has 4 rings (SSSR count). The van der Waals surface area contributed by atoms with Crippen LogP contribution < -0.4 is 0 Å². The van der Waals surface area contributed by atoms with E-state index in [0.29, 0.717) is 0 Å². The highest BCUT2D eigenvalue weighted by atomic mass is 35.5. The molecule has 7 heteroatoms. The van der Waals surface area contributed by atoms with Crippen LogP contribution in [-0.2, 0) is 11.3 Å². The molecule has 0 atom stereocenters. The summed E-state index contributed by atoms with van der Waals surface area (Å²) in [6.45, 7) is 4.49. The molecule has 1 saturated heterocycles. The summed E-state index contributed by atoms with van der Waals surface area (Å²) < 4.78 is 6.41. The summed E-state index contributed by atoms with van der Waals surface area (Å²) in [5, 5.41) is 3.94.